The van der Waals surface area contributed by atoms with Gasteiger partial charge in [0.15, 0.2) is 9.84 Å². The van der Waals surface area contributed by atoms with Gasteiger partial charge in [-0.25, -0.2) is 17.2 Å². The third-order valence-electron chi connectivity index (χ3n) is 2.66. The molecule has 8 heteroatoms. The summed E-state index contributed by atoms with van der Waals surface area (Å²) in [5.41, 5.74) is -0.0578. The largest absolute Gasteiger partial charge is 0.390 e. The molecule has 4 nitrogen and oxygen atoms in total. The number of hydrogen-bond donors (Lipinski definition) is 2. The molecule has 0 saturated carbocycles. The van der Waals surface area contributed by atoms with Gasteiger partial charge < -0.3 is 10.4 Å². The first-order valence-electron chi connectivity index (χ1n) is 5.08. The molecule has 0 spiro atoms. The van der Waals surface area contributed by atoms with Crippen LogP contribution in [0.1, 0.15) is 0 Å². The minimum atomic E-state index is -3.32. The van der Waals surface area contributed by atoms with E-state index in [2.05, 4.69) is 21.2 Å². The number of anilines is 1. The molecule has 0 radical (unpaired) electrons. The average Bonchev–Trinajstić information content (AvgIpc) is 2.45. The first-order valence-corrected chi connectivity index (χ1v) is 7.69. The number of halogens is 3. The third-order valence-corrected chi connectivity index (χ3v) is 5.00. The summed E-state index contributed by atoms with van der Waals surface area (Å²) in [6, 6.07) is 0.940. The summed E-state index contributed by atoms with van der Waals surface area (Å²) >= 11 is 2.98. The maximum Gasteiger partial charge on any atom is 0.155 e. The standard InChI is InChI=1S/C10H10BrF2NO3S/c11-6-1-5(12)2-7(13)10(6)14-8-3-18(16,17)4-9(8)15/h1-2,8-9,14-15H,3-4H2. The molecule has 0 amide bonds. The lowest BCUT2D eigenvalue weighted by Crippen LogP contribution is -2.32. The van der Waals surface area contributed by atoms with Crippen LogP contribution in [0.3, 0.4) is 0 Å². The molecule has 100 valence electrons. The second-order valence-corrected chi connectivity index (χ2v) is 7.15. The summed E-state index contributed by atoms with van der Waals surface area (Å²) in [7, 11) is -3.32. The van der Waals surface area contributed by atoms with Crippen LogP contribution in [-0.4, -0.2) is 37.2 Å². The monoisotopic (exact) mass is 341 g/mol. The van der Waals surface area contributed by atoms with Crippen LogP contribution in [0.25, 0.3) is 0 Å². The zero-order valence-corrected chi connectivity index (χ0v) is 11.4. The second-order valence-electron chi connectivity index (χ2n) is 4.14. The molecule has 1 aromatic rings. The first-order chi connectivity index (χ1) is 8.28. The van der Waals surface area contributed by atoms with E-state index in [9.17, 15) is 22.3 Å². The lowest BCUT2D eigenvalue weighted by Gasteiger charge is -2.18. The third kappa shape index (κ3) is 2.81. The lowest BCUT2D eigenvalue weighted by molar-refractivity contribution is 0.190. The molecule has 2 unspecified atom stereocenters. The summed E-state index contributed by atoms with van der Waals surface area (Å²) in [6.07, 6.45) is -1.11. The Balaban J connectivity index is 2.26. The van der Waals surface area contributed by atoms with Gasteiger partial charge in [0.05, 0.1) is 29.3 Å². The molecular formula is C10H10BrF2NO3S. The van der Waals surface area contributed by atoms with Crippen molar-refractivity contribution in [3.8, 4) is 0 Å². The molecule has 2 N–H and O–H groups in total. The van der Waals surface area contributed by atoms with Crippen LogP contribution >= 0.6 is 15.9 Å². The van der Waals surface area contributed by atoms with E-state index in [1.165, 1.54) is 0 Å². The fourth-order valence-electron chi connectivity index (χ4n) is 1.83. The molecule has 1 saturated heterocycles. The van der Waals surface area contributed by atoms with E-state index in [1.54, 1.807) is 0 Å². The van der Waals surface area contributed by atoms with Crippen molar-refractivity contribution in [3.63, 3.8) is 0 Å². The molecule has 0 bridgehead atoms. The number of aliphatic hydroxyl groups excluding tert-OH is 1. The number of rotatable bonds is 2. The quantitative estimate of drug-likeness (QED) is 0.850. The number of nitrogens with one attached hydrogen (secondary N) is 1. The van der Waals surface area contributed by atoms with Gasteiger partial charge in [-0.15, -0.1) is 0 Å². The summed E-state index contributed by atoms with van der Waals surface area (Å²) in [4.78, 5) is 0. The van der Waals surface area contributed by atoms with Crippen LogP contribution in [-0.2, 0) is 9.84 Å². The molecule has 1 aliphatic rings. The number of aliphatic hydroxyl groups is 1. The predicted octanol–water partition coefficient (Wildman–Crippen LogP) is 1.30. The van der Waals surface area contributed by atoms with Crippen molar-refractivity contribution in [2.24, 2.45) is 0 Å². The van der Waals surface area contributed by atoms with Crippen LogP contribution in [0.5, 0.6) is 0 Å². The number of sulfone groups is 1. The summed E-state index contributed by atoms with van der Waals surface area (Å²) in [6.45, 7) is 0. The molecule has 1 heterocycles. The number of benzene rings is 1. The topological polar surface area (TPSA) is 66.4 Å². The predicted molar refractivity (Wildman–Crippen MR) is 66.1 cm³/mol. The van der Waals surface area contributed by atoms with Crippen LogP contribution in [0, 0.1) is 11.6 Å². The van der Waals surface area contributed by atoms with Crippen LogP contribution in [0.4, 0.5) is 14.5 Å². The van der Waals surface area contributed by atoms with Crippen LogP contribution < -0.4 is 5.32 Å². The van der Waals surface area contributed by atoms with Gasteiger partial charge >= 0.3 is 0 Å². The molecule has 18 heavy (non-hydrogen) atoms. The lowest BCUT2D eigenvalue weighted by atomic mass is 10.2. The Kier molecular flexibility index (Phi) is 3.61. The van der Waals surface area contributed by atoms with E-state index >= 15 is 0 Å². The van der Waals surface area contributed by atoms with Gasteiger partial charge in [0, 0.05) is 10.5 Å². The van der Waals surface area contributed by atoms with Crippen molar-refractivity contribution in [1.29, 1.82) is 0 Å². The Morgan fingerprint density at radius 3 is 2.50 bits per heavy atom. The van der Waals surface area contributed by atoms with Crippen molar-refractivity contribution >= 4 is 31.5 Å². The Hall–Kier alpha value is -0.730. The van der Waals surface area contributed by atoms with E-state index < -0.39 is 33.6 Å². The van der Waals surface area contributed by atoms with E-state index in [1.807, 2.05) is 0 Å². The summed E-state index contributed by atoms with van der Waals surface area (Å²) in [5.74, 6) is -2.23. The van der Waals surface area contributed by atoms with Gasteiger partial charge in [-0.05, 0) is 22.0 Å². The highest BCUT2D eigenvalue weighted by atomic mass is 79.9. The maximum atomic E-state index is 13.5. The normalized spacial score (nSPS) is 26.2. The Morgan fingerprint density at radius 2 is 2.00 bits per heavy atom. The minimum absolute atomic E-state index is 0.0578. The van der Waals surface area contributed by atoms with Crippen LogP contribution in [0.15, 0.2) is 16.6 Å². The highest BCUT2D eigenvalue weighted by Crippen LogP contribution is 2.29. The Bertz CT molecular complexity index is 555. The Labute approximate surface area is 111 Å². The first kappa shape index (κ1) is 13.7. The van der Waals surface area contributed by atoms with Gasteiger partial charge in [0.2, 0.25) is 0 Å². The van der Waals surface area contributed by atoms with Gasteiger partial charge in [-0.1, -0.05) is 0 Å². The summed E-state index contributed by atoms with van der Waals surface area (Å²) in [5, 5.41) is 12.2. The van der Waals surface area contributed by atoms with Crippen molar-refractivity contribution in [3.05, 3.63) is 28.2 Å². The highest BCUT2D eigenvalue weighted by molar-refractivity contribution is 9.10. The van der Waals surface area contributed by atoms with Crippen LogP contribution in [0.2, 0.25) is 0 Å². The van der Waals surface area contributed by atoms with Gasteiger partial charge in [0.25, 0.3) is 0 Å². The molecule has 1 aromatic carbocycles. The van der Waals surface area contributed by atoms with Crippen molar-refractivity contribution in [1.82, 2.24) is 0 Å². The molecule has 2 rings (SSSR count). The van der Waals surface area contributed by atoms with E-state index in [0.29, 0.717) is 6.07 Å². The number of hydrogen-bond acceptors (Lipinski definition) is 4. The van der Waals surface area contributed by atoms with Crippen molar-refractivity contribution in [2.75, 3.05) is 16.8 Å². The summed E-state index contributed by atoms with van der Waals surface area (Å²) < 4.78 is 49.1. The van der Waals surface area contributed by atoms with Gasteiger partial charge in [-0.2, -0.15) is 0 Å². The van der Waals surface area contributed by atoms with E-state index in [-0.39, 0.29) is 21.7 Å². The van der Waals surface area contributed by atoms with Crippen molar-refractivity contribution < 1.29 is 22.3 Å². The zero-order valence-electron chi connectivity index (χ0n) is 9.03. The molecule has 2 atom stereocenters. The van der Waals surface area contributed by atoms with Gasteiger partial charge in [0.1, 0.15) is 11.6 Å². The van der Waals surface area contributed by atoms with Crippen molar-refractivity contribution in [2.45, 2.75) is 12.1 Å². The molecule has 0 aromatic heterocycles. The highest BCUT2D eigenvalue weighted by Gasteiger charge is 2.37. The van der Waals surface area contributed by atoms with E-state index in [0.717, 1.165) is 6.07 Å². The molecule has 1 aliphatic heterocycles. The second kappa shape index (κ2) is 4.75. The average molecular weight is 342 g/mol. The fourth-order valence-corrected chi connectivity index (χ4v) is 4.10. The minimum Gasteiger partial charge on any atom is -0.390 e. The molecular weight excluding hydrogens is 332 g/mol. The smallest absolute Gasteiger partial charge is 0.155 e. The Morgan fingerprint density at radius 1 is 1.33 bits per heavy atom. The van der Waals surface area contributed by atoms with Gasteiger partial charge in [-0.3, -0.25) is 0 Å². The SMILES string of the molecule is O=S1(=O)CC(O)C(Nc2c(F)cc(F)cc2Br)C1. The zero-order chi connectivity index (χ0) is 13.5. The molecule has 0 aliphatic carbocycles. The molecule has 1 fully saturated rings. The maximum absolute atomic E-state index is 13.5. The fraction of sp³-hybridized carbons (Fsp3) is 0.400. The van der Waals surface area contributed by atoms with E-state index in [4.69, 9.17) is 0 Å².